The Bertz CT molecular complexity index is 775. The van der Waals surface area contributed by atoms with Gasteiger partial charge in [-0.1, -0.05) is 44.0 Å². The van der Waals surface area contributed by atoms with Gasteiger partial charge in [0.1, 0.15) is 6.04 Å². The number of nitrogens with one attached hydrogen (secondary N) is 1. The molecule has 0 aliphatic rings. The van der Waals surface area contributed by atoms with Crippen LogP contribution in [0.1, 0.15) is 39.5 Å². The molecule has 146 valence electrons. The first-order valence-corrected chi connectivity index (χ1v) is 9.49. The Hall–Kier alpha value is -2.34. The van der Waals surface area contributed by atoms with Crippen LogP contribution in [0, 0.1) is 5.92 Å². The van der Waals surface area contributed by atoms with Gasteiger partial charge >= 0.3 is 5.97 Å². The van der Waals surface area contributed by atoms with E-state index in [2.05, 4.69) is 10.3 Å². The fourth-order valence-electron chi connectivity index (χ4n) is 2.58. The Labute approximate surface area is 164 Å². The van der Waals surface area contributed by atoms with Crippen LogP contribution in [-0.2, 0) is 20.7 Å². The highest BCUT2D eigenvalue weighted by Gasteiger charge is 2.27. The van der Waals surface area contributed by atoms with Gasteiger partial charge in [-0.05, 0) is 25.0 Å². The van der Waals surface area contributed by atoms with Crippen molar-refractivity contribution in [2.75, 3.05) is 6.61 Å². The average molecular weight is 393 g/mol. The molecule has 0 saturated heterocycles. The lowest BCUT2D eigenvalue weighted by atomic mass is 9.99. The highest BCUT2D eigenvalue weighted by Crippen LogP contribution is 2.28. The van der Waals surface area contributed by atoms with E-state index in [0.29, 0.717) is 23.1 Å². The molecule has 1 heterocycles. The lowest BCUT2D eigenvalue weighted by Crippen LogP contribution is -2.46. The molecule has 6 nitrogen and oxygen atoms in total. The Kier molecular flexibility index (Phi) is 7.85. The van der Waals surface area contributed by atoms with Gasteiger partial charge in [0.2, 0.25) is 5.91 Å². The average Bonchev–Trinajstić information content (AvgIpc) is 3.13. The molecule has 0 bridgehead atoms. The monoisotopic (exact) mass is 392 g/mol. The minimum atomic E-state index is -0.648. The summed E-state index contributed by atoms with van der Waals surface area (Å²) in [5.41, 5.74) is 0.751. The van der Waals surface area contributed by atoms with Gasteiger partial charge < -0.3 is 14.5 Å². The van der Waals surface area contributed by atoms with Crippen LogP contribution in [-0.4, -0.2) is 29.5 Å². The second kappa shape index (κ2) is 10.1. The maximum absolute atomic E-state index is 12.3. The molecular weight excluding hydrogens is 368 g/mol. The molecule has 0 aliphatic heterocycles. The predicted octanol–water partition coefficient (Wildman–Crippen LogP) is 4.02. The zero-order chi connectivity index (χ0) is 19.8. The summed E-state index contributed by atoms with van der Waals surface area (Å²) in [5.74, 6) is 0.334. The summed E-state index contributed by atoms with van der Waals surface area (Å²) < 4.78 is 10.8. The van der Waals surface area contributed by atoms with Crippen LogP contribution in [0.15, 0.2) is 34.9 Å². The van der Waals surface area contributed by atoms with Gasteiger partial charge in [-0.3, -0.25) is 4.79 Å². The number of oxazole rings is 1. The molecule has 2 rings (SSSR count). The number of carbonyl (C=O) groups excluding carboxylic acids is 2. The number of amides is 1. The number of rotatable bonds is 9. The van der Waals surface area contributed by atoms with Crippen molar-refractivity contribution in [2.24, 2.45) is 5.92 Å². The summed E-state index contributed by atoms with van der Waals surface area (Å²) in [5, 5.41) is 3.34. The highest BCUT2D eigenvalue weighted by atomic mass is 35.5. The SMILES string of the molecule is CCOC(=O)[C@@H](NC(=O)CCc1ncc(-c2ccccc2Cl)o1)[C@H](C)CC. The summed E-state index contributed by atoms with van der Waals surface area (Å²) in [6, 6.07) is 6.67. The van der Waals surface area contributed by atoms with Crippen molar-refractivity contribution in [1.29, 1.82) is 0 Å². The molecule has 2 aromatic rings. The third-order valence-corrected chi connectivity index (χ3v) is 4.66. The summed E-state index contributed by atoms with van der Waals surface area (Å²) in [6.07, 6.45) is 2.83. The van der Waals surface area contributed by atoms with E-state index in [1.165, 1.54) is 0 Å². The van der Waals surface area contributed by atoms with Gasteiger partial charge in [0.05, 0.1) is 17.8 Å². The third kappa shape index (κ3) is 5.82. The maximum Gasteiger partial charge on any atom is 0.328 e. The number of esters is 1. The molecule has 7 heteroatoms. The van der Waals surface area contributed by atoms with Crippen molar-refractivity contribution >= 4 is 23.5 Å². The molecule has 0 aliphatic carbocycles. The topological polar surface area (TPSA) is 81.4 Å². The summed E-state index contributed by atoms with van der Waals surface area (Å²) in [7, 11) is 0. The quantitative estimate of drug-likeness (QED) is 0.652. The van der Waals surface area contributed by atoms with Crippen molar-refractivity contribution in [3.63, 3.8) is 0 Å². The molecule has 27 heavy (non-hydrogen) atoms. The Morgan fingerprint density at radius 1 is 1.30 bits per heavy atom. The van der Waals surface area contributed by atoms with Gasteiger partial charge in [0, 0.05) is 18.4 Å². The maximum atomic E-state index is 12.3. The van der Waals surface area contributed by atoms with Crippen LogP contribution < -0.4 is 5.32 Å². The standard InChI is InChI=1S/C20H25ClN2O4/c1-4-13(3)19(20(25)26-5-2)23-17(24)10-11-18-22-12-16(27-18)14-8-6-7-9-15(14)21/h6-9,12-13,19H,4-5,10-11H2,1-3H3,(H,23,24)/t13-,19+/m1/s1. The molecule has 2 atom stereocenters. The summed E-state index contributed by atoms with van der Waals surface area (Å²) in [6.45, 7) is 5.90. The first-order chi connectivity index (χ1) is 13.0. The van der Waals surface area contributed by atoms with E-state index in [1.807, 2.05) is 32.0 Å². The van der Waals surface area contributed by atoms with Gasteiger partial charge in [-0.15, -0.1) is 0 Å². The summed E-state index contributed by atoms with van der Waals surface area (Å²) in [4.78, 5) is 28.5. The molecule has 0 spiro atoms. The van der Waals surface area contributed by atoms with Crippen molar-refractivity contribution in [3.8, 4) is 11.3 Å². The van der Waals surface area contributed by atoms with Crippen molar-refractivity contribution in [3.05, 3.63) is 41.4 Å². The number of carbonyl (C=O) groups is 2. The molecule has 1 amide bonds. The summed E-state index contributed by atoms with van der Waals surface area (Å²) >= 11 is 6.16. The van der Waals surface area contributed by atoms with Crippen LogP contribution in [0.3, 0.4) is 0 Å². The fraction of sp³-hybridized carbons (Fsp3) is 0.450. The van der Waals surface area contributed by atoms with Crippen LogP contribution in [0.2, 0.25) is 5.02 Å². The number of hydrogen-bond acceptors (Lipinski definition) is 5. The van der Waals surface area contributed by atoms with Gasteiger partial charge in [-0.2, -0.15) is 0 Å². The molecule has 0 radical (unpaired) electrons. The minimum absolute atomic E-state index is 0.0124. The molecule has 0 unspecified atom stereocenters. The molecule has 1 aromatic carbocycles. The van der Waals surface area contributed by atoms with Gasteiger partial charge in [0.25, 0.3) is 0 Å². The van der Waals surface area contributed by atoms with E-state index < -0.39 is 12.0 Å². The molecular formula is C20H25ClN2O4. The van der Waals surface area contributed by atoms with Crippen LogP contribution in [0.5, 0.6) is 0 Å². The van der Waals surface area contributed by atoms with Crippen molar-refractivity contribution in [2.45, 2.75) is 46.1 Å². The Morgan fingerprint density at radius 2 is 2.04 bits per heavy atom. The lowest BCUT2D eigenvalue weighted by molar-refractivity contribution is -0.149. The van der Waals surface area contributed by atoms with E-state index in [-0.39, 0.29) is 24.9 Å². The second-order valence-corrected chi connectivity index (χ2v) is 6.69. The number of halogens is 1. The van der Waals surface area contributed by atoms with E-state index in [1.54, 1.807) is 19.2 Å². The van der Waals surface area contributed by atoms with Gasteiger partial charge in [-0.25, -0.2) is 9.78 Å². The number of hydrogen-bond donors (Lipinski definition) is 1. The third-order valence-electron chi connectivity index (χ3n) is 4.33. The van der Waals surface area contributed by atoms with E-state index in [9.17, 15) is 9.59 Å². The van der Waals surface area contributed by atoms with E-state index >= 15 is 0 Å². The first kappa shape index (κ1) is 21.0. The zero-order valence-corrected chi connectivity index (χ0v) is 16.6. The Balaban J connectivity index is 1.95. The normalized spacial score (nSPS) is 13.0. The predicted molar refractivity (Wildman–Crippen MR) is 103 cm³/mol. The minimum Gasteiger partial charge on any atom is -0.464 e. The van der Waals surface area contributed by atoms with E-state index in [4.69, 9.17) is 20.8 Å². The Morgan fingerprint density at radius 3 is 2.70 bits per heavy atom. The van der Waals surface area contributed by atoms with Crippen LogP contribution in [0.25, 0.3) is 11.3 Å². The molecule has 1 aromatic heterocycles. The number of ether oxygens (including phenoxy) is 1. The zero-order valence-electron chi connectivity index (χ0n) is 15.8. The smallest absolute Gasteiger partial charge is 0.328 e. The first-order valence-electron chi connectivity index (χ1n) is 9.11. The lowest BCUT2D eigenvalue weighted by Gasteiger charge is -2.22. The molecule has 0 fully saturated rings. The fourth-order valence-corrected chi connectivity index (χ4v) is 2.81. The van der Waals surface area contributed by atoms with E-state index in [0.717, 1.165) is 12.0 Å². The number of aryl methyl sites for hydroxylation is 1. The van der Waals surface area contributed by atoms with Crippen molar-refractivity contribution in [1.82, 2.24) is 10.3 Å². The largest absolute Gasteiger partial charge is 0.464 e. The van der Waals surface area contributed by atoms with Crippen LogP contribution in [0.4, 0.5) is 0 Å². The van der Waals surface area contributed by atoms with Gasteiger partial charge in [0.15, 0.2) is 11.7 Å². The second-order valence-electron chi connectivity index (χ2n) is 6.28. The molecule has 0 saturated carbocycles. The highest BCUT2D eigenvalue weighted by molar-refractivity contribution is 6.33. The number of benzene rings is 1. The number of aromatic nitrogens is 1. The number of nitrogens with zero attached hydrogens (tertiary/aromatic N) is 1. The molecule has 1 N–H and O–H groups in total. The van der Waals surface area contributed by atoms with Crippen LogP contribution >= 0.6 is 11.6 Å². The van der Waals surface area contributed by atoms with Crippen molar-refractivity contribution < 1.29 is 18.7 Å².